The molecule has 1 aliphatic rings. The number of rotatable bonds is 22. The summed E-state index contributed by atoms with van der Waals surface area (Å²) in [5.74, 6) is -1.50. The second-order valence-electron chi connectivity index (χ2n) is 10.6. The van der Waals surface area contributed by atoms with Gasteiger partial charge in [0.25, 0.3) is 0 Å². The lowest BCUT2D eigenvalue weighted by molar-refractivity contribution is -0.148. The molecule has 0 spiro atoms. The Morgan fingerprint density at radius 1 is 0.919 bits per heavy atom. The Balaban J connectivity index is 2.15. The molecule has 0 aliphatic carbocycles. The highest BCUT2D eigenvalue weighted by Crippen LogP contribution is 2.20. The number of aliphatic carboxylic acids is 1. The molecular weight excluding hydrogens is 468 g/mol. The van der Waals surface area contributed by atoms with Gasteiger partial charge in [-0.25, -0.2) is 4.79 Å². The molecule has 214 valence electrons. The Morgan fingerprint density at radius 3 is 2.11 bits per heavy atom. The molecule has 0 aromatic rings. The number of nitrogens with zero attached hydrogens (tertiary/aromatic N) is 1. The molecule has 1 saturated heterocycles. The number of carbonyl (C=O) groups is 3. The van der Waals surface area contributed by atoms with Crippen LogP contribution in [-0.4, -0.2) is 59.0 Å². The van der Waals surface area contributed by atoms with Gasteiger partial charge in [0, 0.05) is 25.4 Å². The van der Waals surface area contributed by atoms with Crippen LogP contribution < -0.4 is 16.8 Å². The first-order valence-corrected chi connectivity index (χ1v) is 14.8. The molecule has 0 bridgehead atoms. The van der Waals surface area contributed by atoms with Crippen molar-refractivity contribution in [2.75, 3.05) is 13.1 Å². The maximum absolute atomic E-state index is 12.7. The molecule has 0 aromatic heterocycles. The summed E-state index contributed by atoms with van der Waals surface area (Å²) in [5, 5.41) is 12.5. The summed E-state index contributed by atoms with van der Waals surface area (Å²) in [5.41, 5.74) is 11.5. The normalized spacial score (nSPS) is 18.4. The number of amides is 2. The van der Waals surface area contributed by atoms with Gasteiger partial charge in [-0.2, -0.15) is 0 Å². The second kappa shape index (κ2) is 21.1. The molecule has 37 heavy (non-hydrogen) atoms. The summed E-state index contributed by atoms with van der Waals surface area (Å²) in [6.07, 6.45) is 23.0. The standard InChI is InChI=1S/C29H54N4O4/c1-2-3-4-5-6-7-8-9-10-11-12-13-14-15-16-20-27(34)32-24-22-26(29(36)37)33(23-24)28(35)25(31)19-17-18-21-30/h9-10,24-26H,2-8,11-23,30-31H2,1H3,(H,32,34)(H,36,37)/b10-9-/t24-,25?,26-/m0/s1. The molecule has 1 heterocycles. The Morgan fingerprint density at radius 2 is 1.51 bits per heavy atom. The van der Waals surface area contributed by atoms with Crippen LogP contribution in [0.3, 0.4) is 0 Å². The van der Waals surface area contributed by atoms with Crippen molar-refractivity contribution in [2.24, 2.45) is 11.5 Å². The maximum atomic E-state index is 12.7. The Hall–Kier alpha value is -1.93. The number of carboxylic acid groups (broad SMARTS) is 1. The fourth-order valence-corrected chi connectivity index (χ4v) is 4.92. The van der Waals surface area contributed by atoms with Crippen LogP contribution >= 0.6 is 0 Å². The third kappa shape index (κ3) is 15.2. The van der Waals surface area contributed by atoms with E-state index in [0.717, 1.165) is 38.5 Å². The average Bonchev–Trinajstić information content (AvgIpc) is 3.30. The SMILES string of the molecule is CCCCCCCC/C=C\CCCCCCCC(=O)N[C@H]1C[C@@H](C(=O)O)N(C(=O)C(N)CCCCN)C1. The van der Waals surface area contributed by atoms with Gasteiger partial charge in [0.05, 0.1) is 6.04 Å². The predicted octanol–water partition coefficient (Wildman–Crippen LogP) is 4.65. The highest BCUT2D eigenvalue weighted by molar-refractivity contribution is 5.88. The molecule has 2 amide bonds. The van der Waals surface area contributed by atoms with Crippen LogP contribution in [0, 0.1) is 0 Å². The third-order valence-electron chi connectivity index (χ3n) is 7.19. The van der Waals surface area contributed by atoms with Gasteiger partial charge >= 0.3 is 5.97 Å². The number of hydrogen-bond donors (Lipinski definition) is 4. The van der Waals surface area contributed by atoms with Gasteiger partial charge in [0.2, 0.25) is 11.8 Å². The molecule has 8 nitrogen and oxygen atoms in total. The molecule has 6 N–H and O–H groups in total. The van der Waals surface area contributed by atoms with Crippen LogP contribution in [0.15, 0.2) is 12.2 Å². The predicted molar refractivity (Wildman–Crippen MR) is 150 cm³/mol. The summed E-state index contributed by atoms with van der Waals surface area (Å²) in [4.78, 5) is 38.1. The summed E-state index contributed by atoms with van der Waals surface area (Å²) < 4.78 is 0. The number of likely N-dealkylation sites (tertiary alicyclic amines) is 1. The van der Waals surface area contributed by atoms with Gasteiger partial charge in [-0.15, -0.1) is 0 Å². The first-order valence-electron chi connectivity index (χ1n) is 14.8. The molecule has 0 saturated carbocycles. The molecule has 1 rings (SSSR count). The molecular formula is C29H54N4O4. The zero-order valence-electron chi connectivity index (χ0n) is 23.3. The number of nitrogens with two attached hydrogens (primary N) is 2. The van der Waals surface area contributed by atoms with Gasteiger partial charge < -0.3 is 26.8 Å². The summed E-state index contributed by atoms with van der Waals surface area (Å²) in [6, 6.07) is -2.03. The van der Waals surface area contributed by atoms with E-state index in [9.17, 15) is 19.5 Å². The molecule has 1 fully saturated rings. The van der Waals surface area contributed by atoms with E-state index >= 15 is 0 Å². The minimum atomic E-state index is -1.06. The van der Waals surface area contributed by atoms with Crippen LogP contribution in [0.25, 0.3) is 0 Å². The fourth-order valence-electron chi connectivity index (χ4n) is 4.92. The number of unbranched alkanes of at least 4 members (excludes halogenated alkanes) is 12. The molecule has 0 aromatic carbocycles. The molecule has 1 unspecified atom stereocenters. The fraction of sp³-hybridized carbons (Fsp3) is 0.828. The van der Waals surface area contributed by atoms with Crippen molar-refractivity contribution >= 4 is 17.8 Å². The van der Waals surface area contributed by atoms with E-state index in [1.54, 1.807) is 0 Å². The van der Waals surface area contributed by atoms with Gasteiger partial charge in [0.1, 0.15) is 6.04 Å². The van der Waals surface area contributed by atoms with Crippen LogP contribution in [0.4, 0.5) is 0 Å². The van der Waals surface area contributed by atoms with Crippen molar-refractivity contribution in [3.05, 3.63) is 12.2 Å². The van der Waals surface area contributed by atoms with Crippen molar-refractivity contribution in [2.45, 2.75) is 141 Å². The number of carboxylic acids is 1. The van der Waals surface area contributed by atoms with E-state index in [2.05, 4.69) is 24.4 Å². The van der Waals surface area contributed by atoms with Crippen LogP contribution in [-0.2, 0) is 14.4 Å². The van der Waals surface area contributed by atoms with Crippen LogP contribution in [0.5, 0.6) is 0 Å². The van der Waals surface area contributed by atoms with Crippen LogP contribution in [0.2, 0.25) is 0 Å². The van der Waals surface area contributed by atoms with Gasteiger partial charge in [-0.1, -0.05) is 76.9 Å². The van der Waals surface area contributed by atoms with E-state index in [0.29, 0.717) is 19.4 Å². The minimum absolute atomic E-state index is 0.0756. The lowest BCUT2D eigenvalue weighted by Crippen LogP contribution is -2.49. The molecule has 0 radical (unpaired) electrons. The zero-order chi connectivity index (χ0) is 27.3. The van der Waals surface area contributed by atoms with E-state index in [-0.39, 0.29) is 30.8 Å². The minimum Gasteiger partial charge on any atom is -0.480 e. The second-order valence-corrected chi connectivity index (χ2v) is 10.6. The van der Waals surface area contributed by atoms with Crippen molar-refractivity contribution in [1.82, 2.24) is 10.2 Å². The first-order chi connectivity index (χ1) is 17.9. The highest BCUT2D eigenvalue weighted by atomic mass is 16.4. The average molecular weight is 523 g/mol. The summed E-state index contributed by atoms with van der Waals surface area (Å²) >= 11 is 0. The van der Waals surface area contributed by atoms with Gasteiger partial charge in [-0.3, -0.25) is 9.59 Å². The Kier molecular flexibility index (Phi) is 18.8. The van der Waals surface area contributed by atoms with E-state index in [4.69, 9.17) is 11.5 Å². The van der Waals surface area contributed by atoms with Crippen molar-refractivity contribution in [1.29, 1.82) is 0 Å². The van der Waals surface area contributed by atoms with E-state index < -0.39 is 18.1 Å². The monoisotopic (exact) mass is 522 g/mol. The third-order valence-corrected chi connectivity index (χ3v) is 7.19. The number of nitrogens with one attached hydrogen (secondary N) is 1. The Bertz CT molecular complexity index is 670. The topological polar surface area (TPSA) is 139 Å². The summed E-state index contributed by atoms with van der Waals surface area (Å²) in [7, 11) is 0. The van der Waals surface area contributed by atoms with Crippen molar-refractivity contribution in [3.8, 4) is 0 Å². The van der Waals surface area contributed by atoms with Gasteiger partial charge in [0.15, 0.2) is 0 Å². The Labute approximate surface area is 225 Å². The van der Waals surface area contributed by atoms with Crippen molar-refractivity contribution in [3.63, 3.8) is 0 Å². The smallest absolute Gasteiger partial charge is 0.326 e. The quantitative estimate of drug-likeness (QED) is 0.121. The molecule has 8 heteroatoms. The maximum Gasteiger partial charge on any atom is 0.326 e. The van der Waals surface area contributed by atoms with Gasteiger partial charge in [-0.05, 0) is 51.5 Å². The number of carbonyl (C=O) groups excluding carboxylic acids is 2. The zero-order valence-corrected chi connectivity index (χ0v) is 23.3. The summed E-state index contributed by atoms with van der Waals surface area (Å²) in [6.45, 7) is 2.98. The number of hydrogen-bond acceptors (Lipinski definition) is 5. The first kappa shape index (κ1) is 33.1. The van der Waals surface area contributed by atoms with Crippen molar-refractivity contribution < 1.29 is 19.5 Å². The van der Waals surface area contributed by atoms with E-state index in [1.165, 1.54) is 62.7 Å². The largest absolute Gasteiger partial charge is 0.480 e. The highest BCUT2D eigenvalue weighted by Gasteiger charge is 2.41. The van der Waals surface area contributed by atoms with Crippen LogP contribution in [0.1, 0.15) is 122 Å². The lowest BCUT2D eigenvalue weighted by atomic mass is 10.1. The molecule has 3 atom stereocenters. The number of allylic oxidation sites excluding steroid dienone is 2. The molecule has 1 aliphatic heterocycles. The lowest BCUT2D eigenvalue weighted by Gasteiger charge is -2.24. The van der Waals surface area contributed by atoms with E-state index in [1.807, 2.05) is 0 Å².